The minimum absolute atomic E-state index is 0.216. The molecule has 6 nitrogen and oxygen atoms in total. The average molecular weight is 401 g/mol. The first kappa shape index (κ1) is 20.4. The Balaban J connectivity index is 1.46. The quantitative estimate of drug-likeness (QED) is 0.677. The lowest BCUT2D eigenvalue weighted by molar-refractivity contribution is 0.0622. The van der Waals surface area contributed by atoms with Gasteiger partial charge in [-0.1, -0.05) is 44.7 Å². The van der Waals surface area contributed by atoms with Gasteiger partial charge in [0.25, 0.3) is 0 Å². The van der Waals surface area contributed by atoms with E-state index in [0.717, 1.165) is 62.9 Å². The van der Waals surface area contributed by atoms with Crippen molar-refractivity contribution < 1.29 is 4.39 Å². The smallest absolute Gasteiger partial charge is 0.168 e. The van der Waals surface area contributed by atoms with E-state index in [1.54, 1.807) is 0 Å². The van der Waals surface area contributed by atoms with Gasteiger partial charge in [-0.25, -0.2) is 9.07 Å². The van der Waals surface area contributed by atoms with E-state index in [0.29, 0.717) is 6.54 Å². The Bertz CT molecular complexity index is 747. The summed E-state index contributed by atoms with van der Waals surface area (Å²) in [6.45, 7) is 7.26. The molecule has 2 aliphatic rings. The molecule has 7 heteroatoms. The number of benzene rings is 1. The summed E-state index contributed by atoms with van der Waals surface area (Å²) in [5.41, 5.74) is 1.01. The maximum absolute atomic E-state index is 13.2. The number of hydrogen-bond donors (Lipinski definition) is 0. The second kappa shape index (κ2) is 9.76. The van der Waals surface area contributed by atoms with Crippen LogP contribution in [0.25, 0.3) is 0 Å². The van der Waals surface area contributed by atoms with Gasteiger partial charge in [0, 0.05) is 32.2 Å². The lowest BCUT2D eigenvalue weighted by Gasteiger charge is -2.41. The second-order valence-corrected chi connectivity index (χ2v) is 8.49. The predicted molar refractivity (Wildman–Crippen MR) is 111 cm³/mol. The molecule has 1 aliphatic heterocycles. The normalized spacial score (nSPS) is 20.3. The number of nitrogens with zero attached hydrogens (tertiary/aromatic N) is 6. The molecule has 2 fully saturated rings. The monoisotopic (exact) mass is 400 g/mol. The number of hydrogen-bond acceptors (Lipinski definition) is 5. The lowest BCUT2D eigenvalue weighted by atomic mass is 10.1. The van der Waals surface area contributed by atoms with Crippen molar-refractivity contribution in [1.29, 1.82) is 0 Å². The van der Waals surface area contributed by atoms with Crippen molar-refractivity contribution in [3.05, 3.63) is 41.5 Å². The van der Waals surface area contributed by atoms with Gasteiger partial charge in [0.1, 0.15) is 5.82 Å². The van der Waals surface area contributed by atoms with Gasteiger partial charge in [-0.2, -0.15) is 0 Å². The third kappa shape index (κ3) is 5.01. The van der Waals surface area contributed by atoms with Crippen LogP contribution in [0.1, 0.15) is 69.3 Å². The van der Waals surface area contributed by atoms with Gasteiger partial charge in [0.2, 0.25) is 0 Å². The first-order chi connectivity index (χ1) is 14.2. The fourth-order valence-electron chi connectivity index (χ4n) is 4.88. The Labute approximate surface area is 173 Å². The summed E-state index contributed by atoms with van der Waals surface area (Å²) >= 11 is 0. The number of halogens is 1. The largest absolute Gasteiger partial charge is 0.298 e. The molecule has 2 aromatic rings. The molecular weight excluding hydrogens is 367 g/mol. The van der Waals surface area contributed by atoms with Crippen molar-refractivity contribution in [1.82, 2.24) is 30.0 Å². The third-order valence-electron chi connectivity index (χ3n) is 6.57. The van der Waals surface area contributed by atoms with Crippen molar-refractivity contribution in [3.63, 3.8) is 0 Å². The van der Waals surface area contributed by atoms with Gasteiger partial charge in [0.15, 0.2) is 5.82 Å². The molecule has 1 atom stereocenters. The van der Waals surface area contributed by atoms with E-state index in [1.807, 2.05) is 16.8 Å². The van der Waals surface area contributed by atoms with Crippen LogP contribution in [0, 0.1) is 5.82 Å². The summed E-state index contributed by atoms with van der Waals surface area (Å²) in [5.74, 6) is 0.726. The third-order valence-corrected chi connectivity index (χ3v) is 6.57. The molecule has 0 unspecified atom stereocenters. The van der Waals surface area contributed by atoms with Crippen molar-refractivity contribution in [2.75, 3.05) is 26.2 Å². The Morgan fingerprint density at radius 2 is 1.79 bits per heavy atom. The minimum Gasteiger partial charge on any atom is -0.298 e. The molecule has 1 saturated carbocycles. The number of piperazine rings is 1. The van der Waals surface area contributed by atoms with Gasteiger partial charge in [0.05, 0.1) is 12.6 Å². The van der Waals surface area contributed by atoms with E-state index in [2.05, 4.69) is 32.2 Å². The van der Waals surface area contributed by atoms with Gasteiger partial charge in [-0.15, -0.1) is 5.10 Å². The Kier molecular flexibility index (Phi) is 6.87. The molecule has 0 spiro atoms. The molecule has 0 N–H and O–H groups in total. The highest BCUT2D eigenvalue weighted by Gasteiger charge is 2.31. The van der Waals surface area contributed by atoms with Crippen molar-refractivity contribution in [2.24, 2.45) is 0 Å². The van der Waals surface area contributed by atoms with Crippen LogP contribution >= 0.6 is 0 Å². The van der Waals surface area contributed by atoms with Crippen LogP contribution in [-0.2, 0) is 6.54 Å². The number of aromatic nitrogens is 4. The summed E-state index contributed by atoms with van der Waals surface area (Å²) in [6, 6.07) is 7.66. The van der Waals surface area contributed by atoms with Gasteiger partial charge >= 0.3 is 0 Å². The fraction of sp³-hybridized carbons (Fsp3) is 0.682. The van der Waals surface area contributed by atoms with E-state index >= 15 is 0 Å². The molecule has 158 valence electrons. The molecule has 0 amide bonds. The molecule has 0 bridgehead atoms. The Morgan fingerprint density at radius 3 is 2.48 bits per heavy atom. The summed E-state index contributed by atoms with van der Waals surface area (Å²) in [6.07, 6.45) is 8.92. The van der Waals surface area contributed by atoms with Crippen LogP contribution < -0.4 is 0 Å². The lowest BCUT2D eigenvalue weighted by Crippen LogP contribution is -2.50. The predicted octanol–water partition coefficient (Wildman–Crippen LogP) is 3.65. The van der Waals surface area contributed by atoms with Crippen LogP contribution in [0.3, 0.4) is 0 Å². The summed E-state index contributed by atoms with van der Waals surface area (Å²) in [7, 11) is 0. The van der Waals surface area contributed by atoms with E-state index in [1.165, 1.54) is 37.8 Å². The number of tetrazole rings is 1. The maximum atomic E-state index is 13.2. The van der Waals surface area contributed by atoms with Gasteiger partial charge in [-0.3, -0.25) is 9.80 Å². The molecular formula is C22H33FN6. The molecule has 1 aliphatic carbocycles. The minimum atomic E-state index is -0.216. The van der Waals surface area contributed by atoms with Crippen LogP contribution in [0.4, 0.5) is 4.39 Å². The van der Waals surface area contributed by atoms with Crippen molar-refractivity contribution in [3.8, 4) is 0 Å². The highest BCUT2D eigenvalue weighted by atomic mass is 19.1. The van der Waals surface area contributed by atoms with Gasteiger partial charge in [-0.05, 0) is 47.4 Å². The molecule has 29 heavy (non-hydrogen) atoms. The topological polar surface area (TPSA) is 50.1 Å². The standard InChI is InChI=1S/C22H33FN6/c1-2-3-8-21(28-15-13-27(14-16-28)20-6-4-5-7-20)22-24-25-26-29(22)17-18-9-11-19(23)12-10-18/h9-12,20-21H,2-8,13-17H2,1H3/t21-/m1/s1. The molecule has 1 aromatic carbocycles. The molecule has 0 radical (unpaired) electrons. The maximum Gasteiger partial charge on any atom is 0.168 e. The summed E-state index contributed by atoms with van der Waals surface area (Å²) in [5, 5.41) is 12.7. The van der Waals surface area contributed by atoms with Crippen LogP contribution in [-0.4, -0.2) is 62.2 Å². The van der Waals surface area contributed by atoms with Gasteiger partial charge < -0.3 is 0 Å². The average Bonchev–Trinajstić information content (AvgIpc) is 3.43. The Hall–Kier alpha value is -1.86. The van der Waals surface area contributed by atoms with E-state index in [-0.39, 0.29) is 11.9 Å². The first-order valence-electron chi connectivity index (χ1n) is 11.2. The fourth-order valence-corrected chi connectivity index (χ4v) is 4.88. The van der Waals surface area contributed by atoms with Crippen molar-refractivity contribution >= 4 is 0 Å². The van der Waals surface area contributed by atoms with E-state index in [4.69, 9.17) is 0 Å². The van der Waals surface area contributed by atoms with Crippen LogP contribution in [0.5, 0.6) is 0 Å². The zero-order valence-corrected chi connectivity index (χ0v) is 17.5. The molecule has 1 saturated heterocycles. The number of unbranched alkanes of at least 4 members (excludes halogenated alkanes) is 1. The zero-order chi connectivity index (χ0) is 20.1. The van der Waals surface area contributed by atoms with E-state index < -0.39 is 0 Å². The second-order valence-electron chi connectivity index (χ2n) is 8.49. The van der Waals surface area contributed by atoms with Crippen LogP contribution in [0.15, 0.2) is 24.3 Å². The molecule has 1 aromatic heterocycles. The highest BCUT2D eigenvalue weighted by molar-refractivity contribution is 5.16. The van der Waals surface area contributed by atoms with E-state index in [9.17, 15) is 4.39 Å². The Morgan fingerprint density at radius 1 is 1.07 bits per heavy atom. The number of rotatable bonds is 8. The molecule has 4 rings (SSSR count). The zero-order valence-electron chi connectivity index (χ0n) is 17.5. The van der Waals surface area contributed by atoms with Crippen LogP contribution in [0.2, 0.25) is 0 Å². The first-order valence-corrected chi connectivity index (χ1v) is 11.2. The van der Waals surface area contributed by atoms with Crippen molar-refractivity contribution in [2.45, 2.75) is 70.5 Å². The SMILES string of the molecule is CCCC[C@H](c1nnnn1Cc1ccc(F)cc1)N1CCN(C2CCCC2)CC1. The summed E-state index contributed by atoms with van der Waals surface area (Å²) < 4.78 is 15.1. The molecule has 2 heterocycles. The summed E-state index contributed by atoms with van der Waals surface area (Å²) in [4.78, 5) is 5.27. The highest BCUT2D eigenvalue weighted by Crippen LogP contribution is 2.29.